The molecule has 0 aromatic heterocycles. The van der Waals surface area contributed by atoms with Gasteiger partial charge in [-0.2, -0.15) is 71.8 Å². The second-order valence-corrected chi connectivity index (χ2v) is 3.15. The molecule has 1 heteroatoms. The van der Waals surface area contributed by atoms with Crippen LogP contribution in [0, 0.1) is 26.0 Å². The van der Waals surface area contributed by atoms with Gasteiger partial charge in [-0.25, -0.2) is 0 Å². The van der Waals surface area contributed by atoms with Crippen molar-refractivity contribution in [3.8, 4) is 0 Å². The average Bonchev–Trinajstić information content (AvgIpc) is 2.21. The molecule has 0 atom stereocenters. The van der Waals surface area contributed by atoms with Crippen molar-refractivity contribution in [3.05, 3.63) is 71.8 Å². The number of aryl methyl sites for hydroxylation is 2. The third-order valence-corrected chi connectivity index (χ3v) is 1.77. The van der Waals surface area contributed by atoms with E-state index in [1.807, 2.05) is 48.5 Å². The van der Waals surface area contributed by atoms with Gasteiger partial charge in [0.25, 0.3) is 0 Å². The fourth-order valence-corrected chi connectivity index (χ4v) is 0.940. The van der Waals surface area contributed by atoms with Gasteiger partial charge in [0.2, 0.25) is 0 Å². The Morgan fingerprint density at radius 3 is 1.07 bits per heavy atom. The van der Waals surface area contributed by atoms with Gasteiger partial charge in [0.15, 0.2) is 0 Å². The molecule has 0 aliphatic carbocycles. The molecule has 0 aliphatic rings. The van der Waals surface area contributed by atoms with Crippen molar-refractivity contribution in [2.45, 2.75) is 13.8 Å². The summed E-state index contributed by atoms with van der Waals surface area (Å²) in [5.74, 6) is 0. The number of hydrogen-bond acceptors (Lipinski definition) is 0. The quantitative estimate of drug-likeness (QED) is 0.493. The Bertz CT molecular complexity index is 303. The summed E-state index contributed by atoms with van der Waals surface area (Å²) in [6.45, 7) is 4.13. The molecule has 2 aromatic carbocycles. The van der Waals surface area contributed by atoms with Crippen LogP contribution in [-0.2, 0) is 19.5 Å². The Morgan fingerprint density at radius 1 is 0.667 bits per heavy atom. The average molecular weight is 248 g/mol. The molecule has 0 bridgehead atoms. The van der Waals surface area contributed by atoms with Gasteiger partial charge >= 0.3 is 19.5 Å². The van der Waals surface area contributed by atoms with Crippen molar-refractivity contribution < 1.29 is 19.5 Å². The molecule has 0 spiro atoms. The van der Waals surface area contributed by atoms with E-state index >= 15 is 0 Å². The third-order valence-electron chi connectivity index (χ3n) is 1.77. The van der Waals surface area contributed by atoms with Crippen molar-refractivity contribution in [1.82, 2.24) is 0 Å². The van der Waals surface area contributed by atoms with E-state index in [1.54, 1.807) is 0 Å². The van der Waals surface area contributed by atoms with E-state index in [0.29, 0.717) is 0 Å². The summed E-state index contributed by atoms with van der Waals surface area (Å²) < 4.78 is 0. The SMILES string of the molecule is Cc1cc[c-]cc1.Cc1cc[c-]cc1.[Zn+2]. The molecule has 0 amide bonds. The van der Waals surface area contributed by atoms with Gasteiger partial charge in [0.1, 0.15) is 0 Å². The largest absolute Gasteiger partial charge is 2.00 e. The third kappa shape index (κ3) is 7.05. The minimum Gasteiger partial charge on any atom is -0.184 e. The van der Waals surface area contributed by atoms with Crippen LogP contribution < -0.4 is 0 Å². The molecule has 0 unspecified atom stereocenters. The van der Waals surface area contributed by atoms with E-state index in [0.717, 1.165) is 0 Å². The monoisotopic (exact) mass is 246 g/mol. The topological polar surface area (TPSA) is 0 Å². The molecule has 0 N–H and O–H groups in total. The van der Waals surface area contributed by atoms with Crippen LogP contribution in [0.2, 0.25) is 0 Å². The van der Waals surface area contributed by atoms with Crippen LogP contribution in [-0.4, -0.2) is 0 Å². The van der Waals surface area contributed by atoms with Crippen LogP contribution in [0.3, 0.4) is 0 Å². The van der Waals surface area contributed by atoms with E-state index in [4.69, 9.17) is 0 Å². The van der Waals surface area contributed by atoms with E-state index < -0.39 is 0 Å². The summed E-state index contributed by atoms with van der Waals surface area (Å²) in [6.07, 6.45) is 0. The van der Waals surface area contributed by atoms with Gasteiger partial charge < -0.3 is 0 Å². The number of hydrogen-bond donors (Lipinski definition) is 0. The summed E-state index contributed by atoms with van der Waals surface area (Å²) in [5, 5.41) is 0. The van der Waals surface area contributed by atoms with Crippen molar-refractivity contribution >= 4 is 0 Å². The Morgan fingerprint density at radius 2 is 0.933 bits per heavy atom. The first-order chi connectivity index (χ1) is 6.79. The zero-order chi connectivity index (χ0) is 10.2. The molecule has 15 heavy (non-hydrogen) atoms. The smallest absolute Gasteiger partial charge is 0.184 e. The number of benzene rings is 2. The van der Waals surface area contributed by atoms with Crippen LogP contribution in [0.15, 0.2) is 48.5 Å². The van der Waals surface area contributed by atoms with Crippen LogP contribution in [0.4, 0.5) is 0 Å². The molecule has 0 fully saturated rings. The molecular formula is C14H14Zn. The standard InChI is InChI=1S/2C7H7.Zn/c2*1-7-5-3-2-4-6-7;/h2*3-6H,1H3;/q2*-1;+2. The Labute approximate surface area is 105 Å². The number of rotatable bonds is 0. The minimum absolute atomic E-state index is 0. The second-order valence-electron chi connectivity index (χ2n) is 3.15. The molecule has 0 radical (unpaired) electrons. The Hall–Kier alpha value is -0.937. The van der Waals surface area contributed by atoms with Crippen LogP contribution in [0.25, 0.3) is 0 Å². The Balaban J connectivity index is 0.000000245. The zero-order valence-corrected chi connectivity index (χ0v) is 12.3. The molecule has 2 rings (SSSR count). The van der Waals surface area contributed by atoms with Gasteiger partial charge in [-0.15, -0.1) is 0 Å². The molecule has 0 nitrogen and oxygen atoms in total. The van der Waals surface area contributed by atoms with Crippen LogP contribution in [0.1, 0.15) is 11.1 Å². The molecule has 0 heterocycles. The minimum atomic E-state index is 0. The van der Waals surface area contributed by atoms with Gasteiger partial charge in [-0.1, -0.05) is 13.8 Å². The normalized spacial score (nSPS) is 8.13. The zero-order valence-electron chi connectivity index (χ0n) is 9.33. The fourth-order valence-electron chi connectivity index (χ4n) is 0.940. The van der Waals surface area contributed by atoms with Gasteiger partial charge in [-0.3, -0.25) is 0 Å². The first kappa shape index (κ1) is 14.1. The van der Waals surface area contributed by atoms with Gasteiger partial charge in [0.05, 0.1) is 0 Å². The van der Waals surface area contributed by atoms with Crippen molar-refractivity contribution in [3.63, 3.8) is 0 Å². The first-order valence-electron chi connectivity index (χ1n) is 4.64. The van der Waals surface area contributed by atoms with E-state index in [2.05, 4.69) is 26.0 Å². The maximum absolute atomic E-state index is 2.93. The predicted octanol–water partition coefficient (Wildman–Crippen LogP) is 3.59. The molecule has 0 saturated carbocycles. The summed E-state index contributed by atoms with van der Waals surface area (Å²) in [6, 6.07) is 21.6. The van der Waals surface area contributed by atoms with E-state index in [9.17, 15) is 0 Å². The molecule has 0 saturated heterocycles. The van der Waals surface area contributed by atoms with Gasteiger partial charge in [0, 0.05) is 0 Å². The molecular weight excluding hydrogens is 234 g/mol. The maximum atomic E-state index is 2.93. The molecule has 72 valence electrons. The maximum Gasteiger partial charge on any atom is 2.00 e. The summed E-state index contributed by atoms with van der Waals surface area (Å²) in [4.78, 5) is 0. The predicted molar refractivity (Wildman–Crippen MR) is 60.0 cm³/mol. The summed E-state index contributed by atoms with van der Waals surface area (Å²) >= 11 is 0. The van der Waals surface area contributed by atoms with E-state index in [1.165, 1.54) is 11.1 Å². The van der Waals surface area contributed by atoms with Crippen LogP contribution in [0.5, 0.6) is 0 Å². The molecule has 2 aromatic rings. The van der Waals surface area contributed by atoms with Crippen molar-refractivity contribution in [1.29, 1.82) is 0 Å². The fraction of sp³-hybridized carbons (Fsp3) is 0.143. The van der Waals surface area contributed by atoms with E-state index in [-0.39, 0.29) is 19.5 Å². The summed E-state index contributed by atoms with van der Waals surface area (Å²) in [5.41, 5.74) is 2.58. The first-order valence-corrected chi connectivity index (χ1v) is 4.64. The Kier molecular flexibility index (Phi) is 7.86. The van der Waals surface area contributed by atoms with Gasteiger partial charge in [-0.05, 0) is 0 Å². The van der Waals surface area contributed by atoms with Crippen molar-refractivity contribution in [2.75, 3.05) is 0 Å². The van der Waals surface area contributed by atoms with Crippen molar-refractivity contribution in [2.24, 2.45) is 0 Å². The summed E-state index contributed by atoms with van der Waals surface area (Å²) in [7, 11) is 0. The second kappa shape index (κ2) is 8.38. The van der Waals surface area contributed by atoms with Crippen LogP contribution >= 0.6 is 0 Å². The molecule has 0 aliphatic heterocycles.